The monoisotopic (exact) mass is 493 g/mol. The van der Waals surface area contributed by atoms with E-state index in [1.807, 2.05) is 25.1 Å². The first-order valence-electron chi connectivity index (χ1n) is 9.37. The molecule has 1 aromatic rings. The quantitative estimate of drug-likeness (QED) is 0.250. The van der Waals surface area contributed by atoms with Crippen molar-refractivity contribution in [3.63, 3.8) is 0 Å². The summed E-state index contributed by atoms with van der Waals surface area (Å²) in [6.07, 6.45) is 1.89. The van der Waals surface area contributed by atoms with Gasteiger partial charge in [-0.1, -0.05) is 13.8 Å². The molecule has 0 amide bonds. The van der Waals surface area contributed by atoms with Gasteiger partial charge in [0, 0.05) is 31.3 Å². The van der Waals surface area contributed by atoms with Crippen molar-refractivity contribution >= 4 is 29.9 Å². The molecule has 0 radical (unpaired) electrons. The standard InChI is InChI=1S/C20H35N3O3.HI/c1-6-21-20(22-13-16(9-10-24)11-15(2)3)23-14-17-7-8-18(25-4)12-19(17)26-5;/h7-8,12,15-16,24H,6,9-11,13-14H2,1-5H3,(H2,21,22,23);1H. The number of benzene rings is 1. The predicted molar refractivity (Wildman–Crippen MR) is 122 cm³/mol. The first-order valence-corrected chi connectivity index (χ1v) is 9.37. The molecule has 156 valence electrons. The van der Waals surface area contributed by atoms with E-state index in [1.54, 1.807) is 14.2 Å². The number of ether oxygens (including phenoxy) is 2. The van der Waals surface area contributed by atoms with Crippen LogP contribution in [0.1, 0.15) is 39.2 Å². The number of rotatable bonds is 11. The highest BCUT2D eigenvalue weighted by Crippen LogP contribution is 2.25. The van der Waals surface area contributed by atoms with Crippen molar-refractivity contribution in [2.75, 3.05) is 33.9 Å². The number of nitrogens with one attached hydrogen (secondary N) is 2. The Morgan fingerprint density at radius 3 is 2.48 bits per heavy atom. The third kappa shape index (κ3) is 10.0. The molecule has 0 fully saturated rings. The number of hydrogen-bond donors (Lipinski definition) is 3. The molecular weight excluding hydrogens is 457 g/mol. The van der Waals surface area contributed by atoms with Gasteiger partial charge in [-0.3, -0.25) is 0 Å². The number of aliphatic hydroxyl groups is 1. The van der Waals surface area contributed by atoms with E-state index in [2.05, 4.69) is 29.5 Å². The molecule has 0 aliphatic rings. The van der Waals surface area contributed by atoms with Gasteiger partial charge in [-0.2, -0.15) is 0 Å². The molecule has 0 bridgehead atoms. The lowest BCUT2D eigenvalue weighted by Crippen LogP contribution is -2.40. The zero-order valence-electron chi connectivity index (χ0n) is 17.2. The van der Waals surface area contributed by atoms with E-state index >= 15 is 0 Å². The van der Waals surface area contributed by atoms with Crippen LogP contribution in [0, 0.1) is 11.8 Å². The van der Waals surface area contributed by atoms with Gasteiger partial charge in [-0.25, -0.2) is 4.99 Å². The molecule has 1 aromatic carbocycles. The van der Waals surface area contributed by atoms with Crippen LogP contribution in [0.2, 0.25) is 0 Å². The maximum absolute atomic E-state index is 9.27. The number of guanidine groups is 1. The van der Waals surface area contributed by atoms with Crippen LogP contribution in [0.15, 0.2) is 23.2 Å². The summed E-state index contributed by atoms with van der Waals surface area (Å²) in [7, 11) is 3.29. The van der Waals surface area contributed by atoms with E-state index in [-0.39, 0.29) is 30.6 Å². The Bertz CT molecular complexity index is 553. The van der Waals surface area contributed by atoms with Crippen molar-refractivity contribution in [3.8, 4) is 11.5 Å². The zero-order valence-corrected chi connectivity index (χ0v) is 19.6. The highest BCUT2D eigenvalue weighted by molar-refractivity contribution is 14.0. The molecule has 3 N–H and O–H groups in total. The molecule has 0 spiro atoms. The largest absolute Gasteiger partial charge is 0.497 e. The topological polar surface area (TPSA) is 75.1 Å². The van der Waals surface area contributed by atoms with Gasteiger partial charge in [0.2, 0.25) is 0 Å². The second kappa shape index (κ2) is 14.8. The lowest BCUT2D eigenvalue weighted by molar-refractivity contribution is 0.243. The van der Waals surface area contributed by atoms with Gasteiger partial charge < -0.3 is 25.2 Å². The van der Waals surface area contributed by atoms with E-state index in [1.165, 1.54) is 0 Å². The highest BCUT2D eigenvalue weighted by atomic mass is 127. The number of aliphatic hydroxyl groups excluding tert-OH is 1. The van der Waals surface area contributed by atoms with Crippen LogP contribution in [0.4, 0.5) is 0 Å². The summed E-state index contributed by atoms with van der Waals surface area (Å²) in [5, 5.41) is 16.0. The zero-order chi connectivity index (χ0) is 19.4. The molecule has 27 heavy (non-hydrogen) atoms. The van der Waals surface area contributed by atoms with Gasteiger partial charge in [0.1, 0.15) is 11.5 Å². The number of aliphatic imine (C=N–C) groups is 1. The molecule has 6 nitrogen and oxygen atoms in total. The molecule has 0 aliphatic carbocycles. The van der Waals surface area contributed by atoms with E-state index in [0.717, 1.165) is 49.0 Å². The van der Waals surface area contributed by atoms with Crippen LogP contribution in [-0.2, 0) is 6.54 Å². The van der Waals surface area contributed by atoms with Crippen molar-refractivity contribution in [2.45, 2.75) is 40.2 Å². The van der Waals surface area contributed by atoms with Gasteiger partial charge in [-0.05, 0) is 43.7 Å². The van der Waals surface area contributed by atoms with Crippen LogP contribution in [0.3, 0.4) is 0 Å². The first-order chi connectivity index (χ1) is 12.5. The molecule has 0 heterocycles. The molecule has 1 rings (SSSR count). The average molecular weight is 493 g/mol. The number of methoxy groups -OCH3 is 2. The molecule has 1 atom stereocenters. The lowest BCUT2D eigenvalue weighted by atomic mass is 9.94. The van der Waals surface area contributed by atoms with Crippen LogP contribution >= 0.6 is 24.0 Å². The third-order valence-electron chi connectivity index (χ3n) is 4.15. The second-order valence-corrected chi connectivity index (χ2v) is 6.76. The minimum atomic E-state index is 0. The van der Waals surface area contributed by atoms with Crippen molar-refractivity contribution in [1.29, 1.82) is 0 Å². The van der Waals surface area contributed by atoms with Gasteiger partial charge in [-0.15, -0.1) is 24.0 Å². The summed E-state index contributed by atoms with van der Waals surface area (Å²) in [6.45, 7) is 8.78. The molecule has 0 aromatic heterocycles. The van der Waals surface area contributed by atoms with Gasteiger partial charge in [0.25, 0.3) is 0 Å². The smallest absolute Gasteiger partial charge is 0.191 e. The van der Waals surface area contributed by atoms with Crippen molar-refractivity contribution in [2.24, 2.45) is 16.8 Å². The summed E-state index contributed by atoms with van der Waals surface area (Å²) >= 11 is 0. The Balaban J connectivity index is 0.00000676. The lowest BCUT2D eigenvalue weighted by Gasteiger charge is -2.20. The van der Waals surface area contributed by atoms with Gasteiger partial charge in [0.05, 0.1) is 20.8 Å². The molecular formula is C20H36IN3O3. The molecule has 0 saturated carbocycles. The number of hydrogen-bond acceptors (Lipinski definition) is 4. The number of halogens is 1. The molecule has 1 unspecified atom stereocenters. The van der Waals surface area contributed by atoms with E-state index < -0.39 is 0 Å². The minimum Gasteiger partial charge on any atom is -0.497 e. The molecule has 7 heteroatoms. The van der Waals surface area contributed by atoms with E-state index in [9.17, 15) is 5.11 Å². The van der Waals surface area contributed by atoms with Gasteiger partial charge in [0.15, 0.2) is 5.96 Å². The Morgan fingerprint density at radius 2 is 1.93 bits per heavy atom. The number of nitrogens with zero attached hydrogens (tertiary/aromatic N) is 1. The maximum atomic E-state index is 9.27. The van der Waals surface area contributed by atoms with Crippen molar-refractivity contribution in [1.82, 2.24) is 10.6 Å². The molecule has 0 aliphatic heterocycles. The fourth-order valence-electron chi connectivity index (χ4n) is 2.88. The van der Waals surface area contributed by atoms with E-state index in [0.29, 0.717) is 18.4 Å². The highest BCUT2D eigenvalue weighted by Gasteiger charge is 2.12. The third-order valence-corrected chi connectivity index (χ3v) is 4.15. The molecule has 0 saturated heterocycles. The Kier molecular flexibility index (Phi) is 14.1. The second-order valence-electron chi connectivity index (χ2n) is 6.76. The average Bonchev–Trinajstić information content (AvgIpc) is 2.63. The first kappa shape index (κ1) is 25.8. The van der Waals surface area contributed by atoms with Crippen LogP contribution in [0.5, 0.6) is 11.5 Å². The fraction of sp³-hybridized carbons (Fsp3) is 0.650. The Labute approximate surface area is 181 Å². The maximum Gasteiger partial charge on any atom is 0.191 e. The van der Waals surface area contributed by atoms with Crippen molar-refractivity contribution in [3.05, 3.63) is 23.8 Å². The SMILES string of the molecule is CCNC(=NCc1ccc(OC)cc1OC)NCC(CCO)CC(C)C.I. The van der Waals surface area contributed by atoms with Crippen LogP contribution in [0.25, 0.3) is 0 Å². The van der Waals surface area contributed by atoms with Crippen LogP contribution in [-0.4, -0.2) is 45.0 Å². The summed E-state index contributed by atoms with van der Waals surface area (Å²) in [4.78, 5) is 4.67. The Morgan fingerprint density at radius 1 is 1.19 bits per heavy atom. The summed E-state index contributed by atoms with van der Waals surface area (Å²) < 4.78 is 10.7. The normalized spacial score (nSPS) is 12.3. The predicted octanol–water partition coefficient (Wildman–Crippen LogP) is 3.42. The fourth-order valence-corrected chi connectivity index (χ4v) is 2.88. The Hall–Kier alpha value is -1.22. The van der Waals surface area contributed by atoms with Crippen LogP contribution < -0.4 is 20.1 Å². The summed E-state index contributed by atoms with van der Waals surface area (Å²) in [5.41, 5.74) is 1.000. The van der Waals surface area contributed by atoms with Crippen molar-refractivity contribution < 1.29 is 14.6 Å². The minimum absolute atomic E-state index is 0. The van der Waals surface area contributed by atoms with Gasteiger partial charge >= 0.3 is 0 Å². The summed E-state index contributed by atoms with van der Waals surface area (Å²) in [6, 6.07) is 5.75. The van der Waals surface area contributed by atoms with E-state index in [4.69, 9.17) is 9.47 Å². The summed E-state index contributed by atoms with van der Waals surface area (Å²) in [5.74, 6) is 3.34.